The van der Waals surface area contributed by atoms with Gasteiger partial charge in [0.2, 0.25) is 0 Å². The third-order valence-electron chi connectivity index (χ3n) is 2.61. The summed E-state index contributed by atoms with van der Waals surface area (Å²) in [6.45, 7) is 0.829. The number of ether oxygens (including phenoxy) is 1. The molecule has 1 aliphatic rings. The fourth-order valence-electron chi connectivity index (χ4n) is 1.77. The highest BCUT2D eigenvalue weighted by molar-refractivity contribution is 5.81. The number of hydrogen-bond acceptors (Lipinski definition) is 3. The molecule has 1 unspecified atom stereocenters. The van der Waals surface area contributed by atoms with E-state index in [4.69, 9.17) is 10.5 Å². The fraction of sp³-hybridized carbons (Fsp3) is 0.900. The molecule has 1 heterocycles. The minimum absolute atomic E-state index is 0.00164. The fourth-order valence-corrected chi connectivity index (χ4v) is 1.77. The molecule has 0 bridgehead atoms. The normalized spacial score (nSPS) is 20.6. The van der Waals surface area contributed by atoms with Gasteiger partial charge in [-0.25, -0.2) is 0 Å². The number of rotatable bonds is 5. The summed E-state index contributed by atoms with van der Waals surface area (Å²) < 4.78 is 42.2. The molecule has 17 heavy (non-hydrogen) atoms. The predicted molar refractivity (Wildman–Crippen MR) is 55.3 cm³/mol. The van der Waals surface area contributed by atoms with Crippen LogP contribution in [0.3, 0.4) is 0 Å². The molecular weight excluding hydrogens is 237 g/mol. The highest BCUT2D eigenvalue weighted by Crippen LogP contribution is 2.21. The van der Waals surface area contributed by atoms with Gasteiger partial charge >= 0.3 is 12.1 Å². The summed E-state index contributed by atoms with van der Waals surface area (Å²) in [5.41, 5.74) is 5.24. The molecule has 0 saturated carbocycles. The minimum Gasteiger partial charge on any atom is -0.376 e. The molecule has 4 nitrogen and oxygen atoms in total. The maximum absolute atomic E-state index is 12.3. The maximum Gasteiger partial charge on any atom is 0.471 e. The van der Waals surface area contributed by atoms with Gasteiger partial charge in [-0.1, -0.05) is 0 Å². The number of nitrogens with two attached hydrogens (primary N) is 1. The van der Waals surface area contributed by atoms with Crippen molar-refractivity contribution in [3.05, 3.63) is 0 Å². The molecule has 0 aliphatic carbocycles. The molecule has 7 heteroatoms. The average molecular weight is 254 g/mol. The first-order chi connectivity index (χ1) is 7.95. The zero-order valence-corrected chi connectivity index (χ0v) is 9.50. The van der Waals surface area contributed by atoms with Crippen LogP contribution in [0, 0.1) is 0 Å². The Kier molecular flexibility index (Phi) is 5.20. The third kappa shape index (κ3) is 4.51. The number of amides is 1. The molecule has 1 fully saturated rings. The van der Waals surface area contributed by atoms with Crippen LogP contribution in [0.1, 0.15) is 19.3 Å². The highest BCUT2D eigenvalue weighted by atomic mass is 19.4. The first-order valence-corrected chi connectivity index (χ1v) is 5.63. The molecule has 0 spiro atoms. The molecule has 0 aromatic carbocycles. The Morgan fingerprint density at radius 3 is 2.65 bits per heavy atom. The molecule has 1 rings (SSSR count). The summed E-state index contributed by atoms with van der Waals surface area (Å²) in [7, 11) is 0. The minimum atomic E-state index is -4.83. The summed E-state index contributed by atoms with van der Waals surface area (Å²) in [5.74, 6) is -1.80. The topological polar surface area (TPSA) is 55.6 Å². The smallest absolute Gasteiger partial charge is 0.376 e. The highest BCUT2D eigenvalue weighted by Gasteiger charge is 2.42. The Morgan fingerprint density at radius 1 is 1.47 bits per heavy atom. The van der Waals surface area contributed by atoms with Crippen LogP contribution in [0.2, 0.25) is 0 Å². The van der Waals surface area contributed by atoms with Gasteiger partial charge in [0.1, 0.15) is 0 Å². The van der Waals surface area contributed by atoms with Crippen molar-refractivity contribution in [3.8, 4) is 0 Å². The number of halogens is 3. The molecule has 1 amide bonds. The molecule has 0 aromatic heterocycles. The van der Waals surface area contributed by atoms with Gasteiger partial charge in [0.05, 0.1) is 6.10 Å². The van der Waals surface area contributed by atoms with Gasteiger partial charge in [0.15, 0.2) is 0 Å². The van der Waals surface area contributed by atoms with Gasteiger partial charge in [-0.2, -0.15) is 13.2 Å². The van der Waals surface area contributed by atoms with Gasteiger partial charge in [-0.15, -0.1) is 0 Å². The van der Waals surface area contributed by atoms with E-state index in [1.807, 2.05) is 0 Å². The van der Waals surface area contributed by atoms with Gasteiger partial charge in [-0.3, -0.25) is 4.79 Å². The van der Waals surface area contributed by atoms with E-state index >= 15 is 0 Å². The van der Waals surface area contributed by atoms with Crippen molar-refractivity contribution in [2.75, 3.05) is 26.2 Å². The summed E-state index contributed by atoms with van der Waals surface area (Å²) in [6.07, 6.45) is -3.22. The van der Waals surface area contributed by atoms with Crippen LogP contribution >= 0.6 is 0 Å². The SMILES string of the molecule is NCCCN(CC1CCCO1)C(=O)C(F)(F)F. The molecule has 1 aliphatic heterocycles. The van der Waals surface area contributed by atoms with Gasteiger partial charge in [0.25, 0.3) is 0 Å². The van der Waals surface area contributed by atoms with Crippen LogP contribution < -0.4 is 5.73 Å². The zero-order valence-electron chi connectivity index (χ0n) is 9.50. The second-order valence-corrected chi connectivity index (χ2v) is 4.03. The summed E-state index contributed by atoms with van der Waals surface area (Å²) in [6, 6.07) is 0. The largest absolute Gasteiger partial charge is 0.471 e. The van der Waals surface area contributed by atoms with Crippen molar-refractivity contribution in [1.29, 1.82) is 0 Å². The second kappa shape index (κ2) is 6.20. The van der Waals surface area contributed by atoms with Crippen molar-refractivity contribution in [2.45, 2.75) is 31.5 Å². The Bertz CT molecular complexity index is 252. The van der Waals surface area contributed by atoms with Crippen molar-refractivity contribution >= 4 is 5.91 Å². The molecular formula is C10H17F3N2O2. The lowest BCUT2D eigenvalue weighted by atomic mass is 10.2. The van der Waals surface area contributed by atoms with E-state index in [1.165, 1.54) is 0 Å². The number of nitrogens with zero attached hydrogens (tertiary/aromatic N) is 1. The Hall–Kier alpha value is -0.820. The van der Waals surface area contributed by atoms with Crippen LogP contribution in [-0.4, -0.2) is 49.3 Å². The molecule has 100 valence electrons. The third-order valence-corrected chi connectivity index (χ3v) is 2.61. The van der Waals surface area contributed by atoms with Crippen LogP contribution in [0.5, 0.6) is 0 Å². The van der Waals surface area contributed by atoms with E-state index in [0.29, 0.717) is 19.4 Å². The van der Waals surface area contributed by atoms with Crippen LogP contribution in [0.15, 0.2) is 0 Å². The van der Waals surface area contributed by atoms with Gasteiger partial charge in [0, 0.05) is 19.7 Å². The van der Waals surface area contributed by atoms with E-state index < -0.39 is 12.1 Å². The standard InChI is InChI=1S/C10H17F3N2O2/c11-10(12,13)9(16)15(5-2-4-14)7-8-3-1-6-17-8/h8H,1-7,14H2. The van der Waals surface area contributed by atoms with Crippen LogP contribution in [-0.2, 0) is 9.53 Å². The van der Waals surface area contributed by atoms with E-state index in [9.17, 15) is 18.0 Å². The van der Waals surface area contributed by atoms with Gasteiger partial charge in [-0.05, 0) is 25.8 Å². The number of carbonyl (C=O) groups is 1. The van der Waals surface area contributed by atoms with E-state index in [2.05, 4.69) is 0 Å². The summed E-state index contributed by atoms with van der Waals surface area (Å²) in [5, 5.41) is 0. The monoisotopic (exact) mass is 254 g/mol. The number of hydrogen-bond donors (Lipinski definition) is 1. The number of carbonyl (C=O) groups excluding carboxylic acids is 1. The lowest BCUT2D eigenvalue weighted by molar-refractivity contribution is -0.186. The first-order valence-electron chi connectivity index (χ1n) is 5.63. The van der Waals surface area contributed by atoms with E-state index in [0.717, 1.165) is 11.3 Å². The van der Waals surface area contributed by atoms with Crippen molar-refractivity contribution in [3.63, 3.8) is 0 Å². The Labute approximate surface area is 97.9 Å². The average Bonchev–Trinajstić information content (AvgIpc) is 2.74. The maximum atomic E-state index is 12.3. The second-order valence-electron chi connectivity index (χ2n) is 4.03. The van der Waals surface area contributed by atoms with Gasteiger partial charge < -0.3 is 15.4 Å². The number of alkyl halides is 3. The molecule has 0 radical (unpaired) electrons. The lowest BCUT2D eigenvalue weighted by Gasteiger charge is -2.26. The van der Waals surface area contributed by atoms with Crippen molar-refractivity contribution < 1.29 is 22.7 Å². The molecule has 2 N–H and O–H groups in total. The Morgan fingerprint density at radius 2 is 2.18 bits per heavy atom. The van der Waals surface area contributed by atoms with E-state index in [-0.39, 0.29) is 25.7 Å². The molecule has 0 aromatic rings. The zero-order chi connectivity index (χ0) is 12.9. The summed E-state index contributed by atoms with van der Waals surface area (Å²) >= 11 is 0. The van der Waals surface area contributed by atoms with Crippen molar-refractivity contribution in [2.24, 2.45) is 5.73 Å². The van der Waals surface area contributed by atoms with Crippen LogP contribution in [0.4, 0.5) is 13.2 Å². The molecule has 1 saturated heterocycles. The van der Waals surface area contributed by atoms with Crippen LogP contribution in [0.25, 0.3) is 0 Å². The summed E-state index contributed by atoms with van der Waals surface area (Å²) in [4.78, 5) is 12.0. The lowest BCUT2D eigenvalue weighted by Crippen LogP contribution is -2.45. The molecule has 1 atom stereocenters. The van der Waals surface area contributed by atoms with E-state index in [1.54, 1.807) is 0 Å². The van der Waals surface area contributed by atoms with Crippen molar-refractivity contribution in [1.82, 2.24) is 4.90 Å². The Balaban J connectivity index is 2.55. The first kappa shape index (κ1) is 14.2. The predicted octanol–water partition coefficient (Wildman–Crippen LogP) is 0.905. The quantitative estimate of drug-likeness (QED) is 0.793.